The third kappa shape index (κ3) is 2.96. The van der Waals surface area contributed by atoms with Gasteiger partial charge in [-0.3, -0.25) is 4.79 Å². The number of nitrogens with two attached hydrogens (primary N) is 1. The average molecular weight is 267 g/mol. The number of hydrogen-bond donors (Lipinski definition) is 1. The smallest absolute Gasteiger partial charge is 0.255 e. The summed E-state index contributed by atoms with van der Waals surface area (Å²) in [6.07, 6.45) is 3.33. The van der Waals surface area contributed by atoms with Crippen LogP contribution in [0.2, 0.25) is 5.02 Å². The summed E-state index contributed by atoms with van der Waals surface area (Å²) in [7, 11) is 0. The number of likely N-dealkylation sites (tertiary alicyclic amines) is 1. The minimum Gasteiger partial charge on any atom is -0.398 e. The first kappa shape index (κ1) is 13.2. The van der Waals surface area contributed by atoms with Crippen LogP contribution < -0.4 is 5.73 Å². The molecule has 1 aliphatic heterocycles. The molecule has 0 aromatic heterocycles. The highest BCUT2D eigenvalue weighted by Crippen LogP contribution is 2.22. The largest absolute Gasteiger partial charge is 0.398 e. The molecular formula is C14H19ClN2O. The van der Waals surface area contributed by atoms with Gasteiger partial charge in [0, 0.05) is 23.8 Å². The Morgan fingerprint density at radius 2 is 2.17 bits per heavy atom. The molecule has 1 amide bonds. The first-order valence-electron chi connectivity index (χ1n) is 6.42. The highest BCUT2D eigenvalue weighted by molar-refractivity contribution is 6.31. The molecule has 1 atom stereocenters. The van der Waals surface area contributed by atoms with Crippen molar-refractivity contribution in [3.63, 3.8) is 0 Å². The Morgan fingerprint density at radius 1 is 1.39 bits per heavy atom. The van der Waals surface area contributed by atoms with E-state index in [1.807, 2.05) is 4.90 Å². The molecule has 3 nitrogen and oxygen atoms in total. The third-order valence-corrected chi connectivity index (χ3v) is 3.78. The van der Waals surface area contributed by atoms with Crippen molar-refractivity contribution in [2.75, 3.05) is 18.8 Å². The van der Waals surface area contributed by atoms with Gasteiger partial charge in [0.15, 0.2) is 0 Å². The second kappa shape index (κ2) is 5.61. The predicted octanol–water partition coefficient (Wildman–Crippen LogP) is 3.18. The molecule has 1 saturated heterocycles. The molecule has 0 aliphatic carbocycles. The second-order valence-corrected chi connectivity index (χ2v) is 5.50. The molecule has 0 spiro atoms. The Hall–Kier alpha value is -1.22. The number of halogens is 1. The number of nitrogen functional groups attached to an aromatic ring is 1. The van der Waals surface area contributed by atoms with Gasteiger partial charge >= 0.3 is 0 Å². The van der Waals surface area contributed by atoms with Crippen LogP contribution in [0.15, 0.2) is 18.2 Å². The van der Waals surface area contributed by atoms with Crippen LogP contribution >= 0.6 is 11.6 Å². The summed E-state index contributed by atoms with van der Waals surface area (Å²) in [5.74, 6) is 0.726. The van der Waals surface area contributed by atoms with Gasteiger partial charge in [0.05, 0.1) is 5.56 Å². The zero-order chi connectivity index (χ0) is 13.1. The molecule has 4 heteroatoms. The van der Waals surface area contributed by atoms with Crippen molar-refractivity contribution in [2.45, 2.75) is 26.2 Å². The van der Waals surface area contributed by atoms with Gasteiger partial charge in [0.25, 0.3) is 5.91 Å². The van der Waals surface area contributed by atoms with E-state index in [4.69, 9.17) is 17.3 Å². The van der Waals surface area contributed by atoms with E-state index in [-0.39, 0.29) is 5.91 Å². The molecule has 18 heavy (non-hydrogen) atoms. The molecule has 1 aliphatic rings. The molecule has 2 rings (SSSR count). The molecule has 1 unspecified atom stereocenters. The fourth-order valence-corrected chi connectivity index (χ4v) is 2.55. The molecule has 1 aromatic rings. The lowest BCUT2D eigenvalue weighted by atomic mass is 10.0. The van der Waals surface area contributed by atoms with Gasteiger partial charge in [-0.2, -0.15) is 0 Å². The van der Waals surface area contributed by atoms with Crippen molar-refractivity contribution in [1.29, 1.82) is 0 Å². The Bertz CT molecular complexity index is 447. The minimum atomic E-state index is 0.0262. The van der Waals surface area contributed by atoms with Crippen LogP contribution in [0.3, 0.4) is 0 Å². The summed E-state index contributed by atoms with van der Waals surface area (Å²) >= 11 is 5.85. The maximum absolute atomic E-state index is 12.4. The fraction of sp³-hybridized carbons (Fsp3) is 0.500. The van der Waals surface area contributed by atoms with E-state index in [9.17, 15) is 4.79 Å². The first-order valence-corrected chi connectivity index (χ1v) is 6.80. The number of anilines is 1. The lowest BCUT2D eigenvalue weighted by Crippen LogP contribution is -2.32. The molecule has 0 bridgehead atoms. The molecule has 98 valence electrons. The van der Waals surface area contributed by atoms with Crippen LogP contribution in [-0.4, -0.2) is 23.9 Å². The zero-order valence-electron chi connectivity index (χ0n) is 10.7. The summed E-state index contributed by atoms with van der Waals surface area (Å²) in [4.78, 5) is 14.3. The number of nitrogens with zero attached hydrogens (tertiary/aromatic N) is 1. The average Bonchev–Trinajstić information content (AvgIpc) is 2.53. The molecule has 0 radical (unpaired) electrons. The highest BCUT2D eigenvalue weighted by atomic mass is 35.5. The molecule has 0 saturated carbocycles. The van der Waals surface area contributed by atoms with Crippen molar-refractivity contribution in [3.05, 3.63) is 28.8 Å². The van der Waals surface area contributed by atoms with Crippen molar-refractivity contribution < 1.29 is 4.79 Å². The highest BCUT2D eigenvalue weighted by Gasteiger charge is 2.21. The van der Waals surface area contributed by atoms with Crippen LogP contribution in [-0.2, 0) is 0 Å². The quantitative estimate of drug-likeness (QED) is 0.794. The number of amides is 1. The number of benzene rings is 1. The van der Waals surface area contributed by atoms with Crippen LogP contribution in [0.5, 0.6) is 0 Å². The van der Waals surface area contributed by atoms with Gasteiger partial charge in [0.1, 0.15) is 0 Å². The topological polar surface area (TPSA) is 46.3 Å². The van der Waals surface area contributed by atoms with E-state index in [1.54, 1.807) is 18.2 Å². The predicted molar refractivity (Wildman–Crippen MR) is 74.8 cm³/mol. The first-order chi connectivity index (χ1) is 8.58. The van der Waals surface area contributed by atoms with Gasteiger partial charge in [-0.25, -0.2) is 0 Å². The monoisotopic (exact) mass is 266 g/mol. The Labute approximate surface area is 113 Å². The SMILES string of the molecule is CC1CCCN(C(=O)c2ccc(Cl)cc2N)CC1. The van der Waals surface area contributed by atoms with Gasteiger partial charge in [-0.05, 0) is 43.4 Å². The number of carbonyl (C=O) groups is 1. The lowest BCUT2D eigenvalue weighted by Gasteiger charge is -2.21. The van der Waals surface area contributed by atoms with Gasteiger partial charge in [-0.15, -0.1) is 0 Å². The maximum Gasteiger partial charge on any atom is 0.255 e. The van der Waals surface area contributed by atoms with Crippen LogP contribution in [0.25, 0.3) is 0 Å². The van der Waals surface area contributed by atoms with Crippen molar-refractivity contribution in [2.24, 2.45) is 5.92 Å². The van der Waals surface area contributed by atoms with Gasteiger partial charge < -0.3 is 10.6 Å². The van der Waals surface area contributed by atoms with Gasteiger partial charge in [-0.1, -0.05) is 18.5 Å². The minimum absolute atomic E-state index is 0.0262. The number of hydrogen-bond acceptors (Lipinski definition) is 2. The third-order valence-electron chi connectivity index (χ3n) is 3.55. The van der Waals surface area contributed by atoms with Crippen molar-refractivity contribution >= 4 is 23.2 Å². The van der Waals surface area contributed by atoms with E-state index < -0.39 is 0 Å². The summed E-state index contributed by atoms with van der Waals surface area (Å²) in [6, 6.07) is 5.06. The van der Waals surface area contributed by atoms with Crippen molar-refractivity contribution in [3.8, 4) is 0 Å². The van der Waals surface area contributed by atoms with E-state index in [2.05, 4.69) is 6.92 Å². The standard InChI is InChI=1S/C14H19ClN2O/c1-10-3-2-7-17(8-6-10)14(18)12-5-4-11(15)9-13(12)16/h4-5,9-10H,2-3,6-8,16H2,1H3. The summed E-state index contributed by atoms with van der Waals surface area (Å²) < 4.78 is 0. The molecular weight excluding hydrogens is 248 g/mol. The second-order valence-electron chi connectivity index (χ2n) is 5.06. The van der Waals surface area contributed by atoms with Crippen molar-refractivity contribution in [1.82, 2.24) is 4.90 Å². The molecule has 2 N–H and O–H groups in total. The molecule has 1 heterocycles. The van der Waals surface area contributed by atoms with Gasteiger partial charge in [0.2, 0.25) is 0 Å². The maximum atomic E-state index is 12.4. The van der Waals surface area contributed by atoms with E-state index in [0.717, 1.165) is 25.9 Å². The van der Waals surface area contributed by atoms with Crippen LogP contribution in [0.1, 0.15) is 36.5 Å². The van der Waals surface area contributed by atoms with E-state index in [0.29, 0.717) is 22.2 Å². The molecule has 1 fully saturated rings. The number of carbonyl (C=O) groups excluding carboxylic acids is 1. The zero-order valence-corrected chi connectivity index (χ0v) is 11.4. The summed E-state index contributed by atoms with van der Waals surface area (Å²) in [6.45, 7) is 3.89. The van der Waals surface area contributed by atoms with Crippen LogP contribution in [0.4, 0.5) is 5.69 Å². The summed E-state index contributed by atoms with van der Waals surface area (Å²) in [5.41, 5.74) is 6.89. The van der Waals surface area contributed by atoms with E-state index >= 15 is 0 Å². The Balaban J connectivity index is 2.15. The lowest BCUT2D eigenvalue weighted by molar-refractivity contribution is 0.0761. The normalized spacial score (nSPS) is 20.6. The Morgan fingerprint density at radius 3 is 2.89 bits per heavy atom. The molecule has 1 aromatic carbocycles. The fourth-order valence-electron chi connectivity index (χ4n) is 2.36. The summed E-state index contributed by atoms with van der Waals surface area (Å²) in [5, 5.41) is 0.563. The Kier molecular flexibility index (Phi) is 4.12. The van der Waals surface area contributed by atoms with Crippen LogP contribution in [0, 0.1) is 5.92 Å². The number of rotatable bonds is 1. The van der Waals surface area contributed by atoms with E-state index in [1.165, 1.54) is 6.42 Å².